The van der Waals surface area contributed by atoms with Crippen LogP contribution in [0.1, 0.15) is 40.4 Å². The smallest absolute Gasteiger partial charge is 0.255 e. The van der Waals surface area contributed by atoms with Crippen molar-refractivity contribution in [1.29, 1.82) is 0 Å². The number of nitrogens with one attached hydrogen (secondary N) is 1. The van der Waals surface area contributed by atoms with Crippen molar-refractivity contribution in [1.82, 2.24) is 20.2 Å². The Balaban J connectivity index is 1.39. The second kappa shape index (κ2) is 9.20. The molecule has 180 valence electrons. The van der Waals surface area contributed by atoms with Gasteiger partial charge in [0.1, 0.15) is 6.04 Å². The van der Waals surface area contributed by atoms with E-state index in [4.69, 9.17) is 23.2 Å². The molecule has 35 heavy (non-hydrogen) atoms. The second-order valence-corrected chi connectivity index (χ2v) is 9.54. The summed E-state index contributed by atoms with van der Waals surface area (Å²) in [7, 11) is 0. The lowest BCUT2D eigenvalue weighted by Gasteiger charge is -2.30. The fraction of sp³-hybridized carbons (Fsp3) is 0.280. The van der Waals surface area contributed by atoms with Gasteiger partial charge in [0.05, 0.1) is 35.2 Å². The van der Waals surface area contributed by atoms with E-state index in [0.717, 1.165) is 5.56 Å². The average Bonchev–Trinajstić information content (AvgIpc) is 3.53. The van der Waals surface area contributed by atoms with E-state index >= 15 is 0 Å². The largest absolute Gasteiger partial charge is 0.394 e. The number of benzene rings is 2. The Bertz CT molecular complexity index is 1300. The number of rotatable bonds is 7. The van der Waals surface area contributed by atoms with Crippen LogP contribution >= 0.6 is 23.2 Å². The summed E-state index contributed by atoms with van der Waals surface area (Å²) >= 11 is 12.1. The van der Waals surface area contributed by atoms with E-state index in [1.54, 1.807) is 18.2 Å². The maximum absolute atomic E-state index is 13.3. The van der Waals surface area contributed by atoms with Gasteiger partial charge in [0, 0.05) is 17.7 Å². The van der Waals surface area contributed by atoms with Gasteiger partial charge in [-0.15, -0.1) is 0 Å². The first-order valence-corrected chi connectivity index (χ1v) is 11.9. The average molecular weight is 513 g/mol. The molecule has 0 bridgehead atoms. The molecule has 2 aromatic carbocycles. The molecule has 10 heteroatoms. The van der Waals surface area contributed by atoms with Crippen molar-refractivity contribution in [3.05, 3.63) is 81.7 Å². The van der Waals surface area contributed by atoms with Gasteiger partial charge in [-0.2, -0.15) is 0 Å². The number of carbonyl (C=O) groups excluding carboxylic acids is 2. The van der Waals surface area contributed by atoms with E-state index in [2.05, 4.69) is 15.3 Å². The maximum atomic E-state index is 13.3. The lowest BCUT2D eigenvalue weighted by atomic mass is 9.99. The van der Waals surface area contributed by atoms with Crippen LogP contribution in [0, 0.1) is 0 Å². The molecule has 1 aliphatic heterocycles. The minimum atomic E-state index is -1.12. The van der Waals surface area contributed by atoms with Crippen molar-refractivity contribution in [3.8, 4) is 11.3 Å². The molecule has 2 aliphatic rings. The standard InChI is InChI=1S/C25H22Cl2N4O4/c26-18-11-28-24(27)29-20(18)15-6-7-16-12-31(23(34)17(16)10-15)19(13-32)22(33)30-21(25(35)8-9-25)14-4-2-1-3-5-14/h1-7,10-11,19,21,32,35H,8-9,12-13H2,(H,30,33)/t19-,21?/m1/s1. The lowest BCUT2D eigenvalue weighted by molar-refractivity contribution is -0.129. The summed E-state index contributed by atoms with van der Waals surface area (Å²) in [5, 5.41) is 24.1. The molecule has 3 aromatic rings. The molecule has 8 nitrogen and oxygen atoms in total. The summed E-state index contributed by atoms with van der Waals surface area (Å²) in [6.07, 6.45) is 2.50. The molecule has 2 amide bonds. The van der Waals surface area contributed by atoms with Crippen LogP contribution in [0.5, 0.6) is 0 Å². The Morgan fingerprint density at radius 2 is 1.91 bits per heavy atom. The molecule has 0 spiro atoms. The van der Waals surface area contributed by atoms with E-state index in [1.165, 1.54) is 11.1 Å². The Hall–Kier alpha value is -3.04. The highest BCUT2D eigenvalue weighted by Crippen LogP contribution is 2.46. The van der Waals surface area contributed by atoms with Crippen LogP contribution in [-0.4, -0.2) is 55.1 Å². The third-order valence-electron chi connectivity index (χ3n) is 6.50. The van der Waals surface area contributed by atoms with E-state index in [-0.39, 0.29) is 16.9 Å². The molecule has 1 aliphatic carbocycles. The van der Waals surface area contributed by atoms with E-state index in [9.17, 15) is 19.8 Å². The zero-order chi connectivity index (χ0) is 24.7. The number of aliphatic hydroxyl groups is 2. The van der Waals surface area contributed by atoms with Gasteiger partial charge in [-0.25, -0.2) is 9.97 Å². The first-order valence-electron chi connectivity index (χ1n) is 11.1. The zero-order valence-electron chi connectivity index (χ0n) is 18.5. The first-order chi connectivity index (χ1) is 16.8. The van der Waals surface area contributed by atoms with Crippen LogP contribution in [0.25, 0.3) is 11.3 Å². The minimum absolute atomic E-state index is 0.0279. The molecule has 3 N–H and O–H groups in total. The Kier molecular flexibility index (Phi) is 6.23. The van der Waals surface area contributed by atoms with Crippen LogP contribution in [0.3, 0.4) is 0 Å². The van der Waals surface area contributed by atoms with Gasteiger partial charge in [-0.3, -0.25) is 9.59 Å². The van der Waals surface area contributed by atoms with Crippen LogP contribution in [0.15, 0.2) is 54.7 Å². The SMILES string of the molecule is O=C(NC(c1ccccc1)C1(O)CC1)[C@@H](CO)N1Cc2ccc(-c3nc(Cl)ncc3Cl)cc2C1=O. The van der Waals surface area contributed by atoms with E-state index in [1.807, 2.05) is 30.3 Å². The molecule has 5 rings (SSSR count). The minimum Gasteiger partial charge on any atom is -0.394 e. The van der Waals surface area contributed by atoms with Crippen molar-refractivity contribution < 1.29 is 19.8 Å². The highest BCUT2D eigenvalue weighted by Gasteiger charge is 2.50. The highest BCUT2D eigenvalue weighted by atomic mass is 35.5. The Labute approximate surface area is 211 Å². The molecule has 1 saturated carbocycles. The summed E-state index contributed by atoms with van der Waals surface area (Å²) in [5.74, 6) is -0.928. The molecule has 1 aromatic heterocycles. The topological polar surface area (TPSA) is 116 Å². The molecule has 1 fully saturated rings. The summed E-state index contributed by atoms with van der Waals surface area (Å²) in [4.78, 5) is 35.9. The predicted octanol–water partition coefficient (Wildman–Crippen LogP) is 3.15. The Morgan fingerprint density at radius 1 is 1.17 bits per heavy atom. The molecular formula is C25H22Cl2N4O4. The fourth-order valence-corrected chi connectivity index (χ4v) is 4.76. The van der Waals surface area contributed by atoms with Crippen LogP contribution in [0.2, 0.25) is 10.3 Å². The third-order valence-corrected chi connectivity index (χ3v) is 6.96. The number of carbonyl (C=O) groups is 2. The van der Waals surface area contributed by atoms with Crippen LogP contribution < -0.4 is 5.32 Å². The van der Waals surface area contributed by atoms with E-state index in [0.29, 0.717) is 35.2 Å². The summed E-state index contributed by atoms with van der Waals surface area (Å²) in [6.45, 7) is -0.405. The van der Waals surface area contributed by atoms with Gasteiger partial charge in [-0.1, -0.05) is 54.1 Å². The van der Waals surface area contributed by atoms with Crippen molar-refractivity contribution in [3.63, 3.8) is 0 Å². The number of aliphatic hydroxyl groups excluding tert-OH is 1. The van der Waals surface area contributed by atoms with Crippen molar-refractivity contribution in [2.24, 2.45) is 0 Å². The third kappa shape index (κ3) is 4.50. The fourth-order valence-electron chi connectivity index (χ4n) is 4.42. The Morgan fingerprint density at radius 3 is 2.60 bits per heavy atom. The molecular weight excluding hydrogens is 491 g/mol. The molecule has 1 unspecified atom stereocenters. The predicted molar refractivity (Wildman–Crippen MR) is 130 cm³/mol. The number of hydrogen-bond donors (Lipinski definition) is 3. The van der Waals surface area contributed by atoms with Crippen molar-refractivity contribution in [2.45, 2.75) is 37.1 Å². The number of fused-ring (bicyclic) bond motifs is 1. The molecule has 2 atom stereocenters. The highest BCUT2D eigenvalue weighted by molar-refractivity contribution is 6.33. The quantitative estimate of drug-likeness (QED) is 0.418. The van der Waals surface area contributed by atoms with Crippen LogP contribution in [0.4, 0.5) is 0 Å². The van der Waals surface area contributed by atoms with Gasteiger partial charge in [0.2, 0.25) is 11.2 Å². The van der Waals surface area contributed by atoms with E-state index < -0.39 is 36.1 Å². The maximum Gasteiger partial charge on any atom is 0.255 e. The second-order valence-electron chi connectivity index (χ2n) is 8.79. The van der Waals surface area contributed by atoms with Gasteiger partial charge in [0.25, 0.3) is 5.91 Å². The number of nitrogens with zero attached hydrogens (tertiary/aromatic N) is 3. The first kappa shape index (κ1) is 23.7. The molecule has 2 heterocycles. The normalized spacial score (nSPS) is 17.6. The number of hydrogen-bond acceptors (Lipinski definition) is 6. The van der Waals surface area contributed by atoms with Crippen molar-refractivity contribution in [2.75, 3.05) is 6.61 Å². The van der Waals surface area contributed by atoms with Gasteiger partial charge in [-0.05, 0) is 41.6 Å². The van der Waals surface area contributed by atoms with Gasteiger partial charge < -0.3 is 20.4 Å². The number of aromatic nitrogens is 2. The molecule has 0 radical (unpaired) electrons. The van der Waals surface area contributed by atoms with Crippen LogP contribution in [-0.2, 0) is 11.3 Å². The number of amides is 2. The molecule has 0 saturated heterocycles. The lowest BCUT2D eigenvalue weighted by Crippen LogP contribution is -2.51. The van der Waals surface area contributed by atoms with Gasteiger partial charge >= 0.3 is 0 Å². The summed E-state index contributed by atoms with van der Waals surface area (Å²) in [5.41, 5.74) is 1.79. The summed E-state index contributed by atoms with van der Waals surface area (Å²) < 4.78 is 0. The summed E-state index contributed by atoms with van der Waals surface area (Å²) in [6, 6.07) is 12.6. The zero-order valence-corrected chi connectivity index (χ0v) is 20.0. The monoisotopic (exact) mass is 512 g/mol. The number of halogens is 2. The van der Waals surface area contributed by atoms with Crippen molar-refractivity contribution >= 4 is 35.0 Å². The van der Waals surface area contributed by atoms with Gasteiger partial charge in [0.15, 0.2) is 0 Å².